The van der Waals surface area contributed by atoms with Crippen molar-refractivity contribution in [2.75, 3.05) is 57.8 Å². The largest absolute Gasteiger partial charge is 0.378 e. The second-order valence-electron chi connectivity index (χ2n) is 15.9. The molecule has 3 N–H and O–H groups in total. The van der Waals surface area contributed by atoms with Gasteiger partial charge in [-0.15, -0.1) is 22.7 Å². The summed E-state index contributed by atoms with van der Waals surface area (Å²) >= 11 is 3.12. The van der Waals surface area contributed by atoms with Gasteiger partial charge >= 0.3 is 0 Å². The number of nitrogens with one attached hydrogen (secondary N) is 3. The Bertz CT molecular complexity index is 2520. The van der Waals surface area contributed by atoms with E-state index in [4.69, 9.17) is 14.7 Å². The standard InChI is InChI=1S/C24H26N4O3S.C22H22N4O2S.CH4/c29-22(27-8-10-31-11-9-27)13-17-4-3-5-18(12-17)23-26-21(16-32-23)19-14-20(25-15-19)24(30)28-6-1-2-7-28;27-20(14-6-7-14)24-17-5-3-4-15(10-17)21-25-19(13-29-21)16-11-18(23-12-16)22(28)26-8-1-2-9-26;/h3-5,12,14-16,25H,1-2,6-11,13H2;3-5,10-14,23H,1-2,6-9H2,(H,24,27);1H4. The van der Waals surface area contributed by atoms with Gasteiger partial charge in [-0.3, -0.25) is 19.2 Å². The molecule has 6 aromatic rings. The number of anilines is 1. The fourth-order valence-corrected chi connectivity index (χ4v) is 9.48. The second-order valence-corrected chi connectivity index (χ2v) is 17.6. The molecule has 4 amide bonds. The van der Waals surface area contributed by atoms with Gasteiger partial charge in [-0.1, -0.05) is 37.8 Å². The van der Waals surface area contributed by atoms with Crippen LogP contribution in [-0.2, 0) is 20.7 Å². The first kappa shape index (κ1) is 42.8. The Morgan fingerprint density at radius 3 is 1.74 bits per heavy atom. The molecule has 2 aromatic carbocycles. The maximum absolute atomic E-state index is 12.6. The van der Waals surface area contributed by atoms with Gasteiger partial charge in [-0.05, 0) is 74.4 Å². The summed E-state index contributed by atoms with van der Waals surface area (Å²) in [7, 11) is 0. The van der Waals surface area contributed by atoms with Gasteiger partial charge in [0.15, 0.2) is 0 Å². The number of nitrogens with zero attached hydrogens (tertiary/aromatic N) is 5. The van der Waals surface area contributed by atoms with E-state index in [9.17, 15) is 19.2 Å². The molecular weight excluding hydrogens is 821 g/mol. The van der Waals surface area contributed by atoms with E-state index in [1.54, 1.807) is 22.7 Å². The summed E-state index contributed by atoms with van der Waals surface area (Å²) in [6.07, 6.45) is 10.3. The SMILES string of the molecule is C.O=C(Cc1cccc(-c2nc(-c3c[nH]c(C(=O)N4CCCC4)c3)cs2)c1)N1CCOCC1.O=C(Nc1cccc(-c2nc(-c3c[nH]c(C(=O)N4CCCC4)c3)cs2)c1)C1CC1. The minimum Gasteiger partial charge on any atom is -0.378 e. The number of amides is 4. The Hall–Kier alpha value is -5.90. The van der Waals surface area contributed by atoms with E-state index in [2.05, 4.69) is 15.3 Å². The van der Waals surface area contributed by atoms with Gasteiger partial charge < -0.3 is 34.7 Å². The normalized spacial score (nSPS) is 16.1. The molecule has 4 aliphatic rings. The summed E-state index contributed by atoms with van der Waals surface area (Å²) < 4.78 is 5.33. The van der Waals surface area contributed by atoms with Crippen molar-refractivity contribution in [1.82, 2.24) is 34.6 Å². The summed E-state index contributed by atoms with van der Waals surface area (Å²) in [5.41, 5.74) is 8.48. The van der Waals surface area contributed by atoms with E-state index in [1.165, 1.54) is 0 Å². The van der Waals surface area contributed by atoms with Gasteiger partial charge in [0.25, 0.3) is 11.8 Å². The van der Waals surface area contributed by atoms with Crippen LogP contribution in [0.15, 0.2) is 83.8 Å². The van der Waals surface area contributed by atoms with E-state index in [-0.39, 0.29) is 37.0 Å². The van der Waals surface area contributed by atoms with Crippen LogP contribution in [0.1, 0.15) is 72.5 Å². The monoisotopic (exact) mass is 872 g/mol. The molecule has 15 heteroatoms. The molecule has 3 saturated heterocycles. The third kappa shape index (κ3) is 10.1. The number of carbonyl (C=O) groups excluding carboxylic acids is 4. The minimum atomic E-state index is 0. The van der Waals surface area contributed by atoms with Gasteiger partial charge in [0, 0.05) is 96.3 Å². The molecule has 0 unspecified atom stereocenters. The highest BCUT2D eigenvalue weighted by atomic mass is 32.1. The van der Waals surface area contributed by atoms with Gasteiger partial charge in [0.1, 0.15) is 21.4 Å². The zero-order chi connectivity index (χ0) is 41.7. The Morgan fingerprint density at radius 1 is 0.661 bits per heavy atom. The van der Waals surface area contributed by atoms with Crippen molar-refractivity contribution in [3.63, 3.8) is 0 Å². The van der Waals surface area contributed by atoms with Gasteiger partial charge in [0.2, 0.25) is 11.8 Å². The smallest absolute Gasteiger partial charge is 0.270 e. The van der Waals surface area contributed by atoms with Crippen molar-refractivity contribution in [2.24, 2.45) is 5.92 Å². The second kappa shape index (κ2) is 19.4. The molecule has 10 rings (SSSR count). The van der Waals surface area contributed by atoms with Crippen molar-refractivity contribution >= 4 is 52.0 Å². The van der Waals surface area contributed by atoms with Crippen molar-refractivity contribution in [3.05, 3.63) is 101 Å². The third-order valence-electron chi connectivity index (χ3n) is 11.4. The van der Waals surface area contributed by atoms with E-state index in [0.29, 0.717) is 44.1 Å². The van der Waals surface area contributed by atoms with Crippen molar-refractivity contribution in [1.29, 1.82) is 0 Å². The molecule has 0 radical (unpaired) electrons. The number of ether oxygens (including phenoxy) is 1. The number of thiazole rings is 2. The molecule has 1 saturated carbocycles. The first-order valence-corrected chi connectivity index (χ1v) is 22.8. The molecule has 62 heavy (non-hydrogen) atoms. The molecule has 0 spiro atoms. The number of likely N-dealkylation sites (tertiary alicyclic amines) is 2. The number of rotatable bonds is 10. The molecule has 3 aliphatic heterocycles. The van der Waals surface area contributed by atoms with Gasteiger partial charge in [-0.25, -0.2) is 9.97 Å². The quantitative estimate of drug-likeness (QED) is 0.125. The molecule has 322 valence electrons. The van der Waals surface area contributed by atoms with Crippen molar-refractivity contribution in [2.45, 2.75) is 52.4 Å². The predicted molar refractivity (Wildman–Crippen MR) is 244 cm³/mol. The van der Waals surface area contributed by atoms with Crippen LogP contribution in [-0.4, -0.2) is 111 Å². The lowest BCUT2D eigenvalue weighted by Crippen LogP contribution is -2.41. The molecule has 0 atom stereocenters. The molecule has 0 bridgehead atoms. The summed E-state index contributed by atoms with van der Waals surface area (Å²) in [6, 6.07) is 19.6. The Labute approximate surface area is 369 Å². The van der Waals surface area contributed by atoms with Gasteiger partial charge in [-0.2, -0.15) is 0 Å². The number of hydrogen-bond acceptors (Lipinski definition) is 9. The first-order valence-electron chi connectivity index (χ1n) is 21.1. The van der Waals surface area contributed by atoms with Crippen LogP contribution in [0.2, 0.25) is 0 Å². The van der Waals surface area contributed by atoms with Crippen LogP contribution in [0.25, 0.3) is 43.7 Å². The van der Waals surface area contributed by atoms with Crippen LogP contribution >= 0.6 is 22.7 Å². The highest BCUT2D eigenvalue weighted by molar-refractivity contribution is 7.13. The summed E-state index contributed by atoms with van der Waals surface area (Å²) in [5.74, 6) is 0.527. The van der Waals surface area contributed by atoms with Gasteiger partial charge in [0.05, 0.1) is 31.0 Å². The number of morpholine rings is 1. The lowest BCUT2D eigenvalue weighted by Gasteiger charge is -2.26. The number of H-pyrrole nitrogens is 2. The number of aromatic amines is 2. The molecule has 4 fully saturated rings. The lowest BCUT2D eigenvalue weighted by atomic mass is 10.1. The highest BCUT2D eigenvalue weighted by Crippen LogP contribution is 2.34. The first-order chi connectivity index (χ1) is 29.8. The maximum Gasteiger partial charge on any atom is 0.270 e. The third-order valence-corrected chi connectivity index (χ3v) is 13.2. The molecule has 4 aromatic heterocycles. The van der Waals surface area contributed by atoms with Crippen LogP contribution in [0.4, 0.5) is 5.69 Å². The Kier molecular flexibility index (Phi) is 13.4. The highest BCUT2D eigenvalue weighted by Gasteiger charge is 2.30. The molecule has 1 aliphatic carbocycles. The van der Waals surface area contributed by atoms with E-state index < -0.39 is 0 Å². The fourth-order valence-electron chi connectivity index (χ4n) is 7.82. The van der Waals surface area contributed by atoms with Crippen LogP contribution in [0.5, 0.6) is 0 Å². The minimum absolute atomic E-state index is 0. The summed E-state index contributed by atoms with van der Waals surface area (Å²) in [4.78, 5) is 71.1. The number of benzene rings is 2. The summed E-state index contributed by atoms with van der Waals surface area (Å²) in [5, 5.41) is 8.77. The average molecular weight is 873 g/mol. The van der Waals surface area contributed by atoms with E-state index >= 15 is 0 Å². The molecular formula is C47H52N8O5S2. The fraction of sp³-hybridized carbons (Fsp3) is 0.362. The van der Waals surface area contributed by atoms with E-state index in [0.717, 1.165) is 120 Å². The Balaban J connectivity index is 0.000000169. The Morgan fingerprint density at radius 2 is 1.19 bits per heavy atom. The molecule has 7 heterocycles. The number of aromatic nitrogens is 4. The number of carbonyl (C=O) groups is 4. The van der Waals surface area contributed by atoms with Crippen LogP contribution in [0, 0.1) is 5.92 Å². The van der Waals surface area contributed by atoms with E-state index in [1.807, 2.05) is 98.5 Å². The predicted octanol–water partition coefficient (Wildman–Crippen LogP) is 8.47. The van der Waals surface area contributed by atoms with Crippen molar-refractivity contribution < 1.29 is 23.9 Å². The van der Waals surface area contributed by atoms with Crippen LogP contribution in [0.3, 0.4) is 0 Å². The summed E-state index contributed by atoms with van der Waals surface area (Å²) in [6.45, 7) is 5.87. The lowest BCUT2D eigenvalue weighted by molar-refractivity contribution is -0.134. The zero-order valence-electron chi connectivity index (χ0n) is 33.9. The maximum atomic E-state index is 12.6. The average Bonchev–Trinajstić information content (AvgIpc) is 4.06. The van der Waals surface area contributed by atoms with Crippen molar-refractivity contribution in [3.8, 4) is 43.7 Å². The topological polar surface area (TPSA) is 157 Å². The van der Waals surface area contributed by atoms with Crippen LogP contribution < -0.4 is 5.32 Å². The number of hydrogen-bond donors (Lipinski definition) is 3. The molecule has 13 nitrogen and oxygen atoms in total. The zero-order valence-corrected chi connectivity index (χ0v) is 35.5.